The largest absolute Gasteiger partial charge is 0.462 e. The van der Waals surface area contributed by atoms with E-state index in [-0.39, 0.29) is 40.5 Å². The van der Waals surface area contributed by atoms with Gasteiger partial charge < -0.3 is 9.84 Å². The van der Waals surface area contributed by atoms with E-state index in [2.05, 4.69) is 26.0 Å². The predicted molar refractivity (Wildman–Crippen MR) is 117 cm³/mol. The number of hydrogen-bond donors (Lipinski definition) is 1. The number of esters is 1. The molecule has 0 heterocycles. The SMILES string of the molecule is C[C@H](OC(=O)C(C)(C)C)[C@H]1CC[C@@]2(O)[C@@H]3C=CC4=CC(=O)CC[C@]4(C)[C@H]3CC[C@]12C. The van der Waals surface area contributed by atoms with Crippen LogP contribution in [0.2, 0.25) is 0 Å². The third-order valence-electron chi connectivity index (χ3n) is 9.24. The van der Waals surface area contributed by atoms with Crippen LogP contribution in [0, 0.1) is 34.0 Å². The summed E-state index contributed by atoms with van der Waals surface area (Å²) < 4.78 is 5.90. The van der Waals surface area contributed by atoms with Gasteiger partial charge in [-0.3, -0.25) is 9.59 Å². The van der Waals surface area contributed by atoms with Gasteiger partial charge in [-0.25, -0.2) is 0 Å². The minimum atomic E-state index is -0.796. The molecule has 0 amide bonds. The number of ketones is 1. The zero-order valence-electron chi connectivity index (χ0n) is 19.5. The summed E-state index contributed by atoms with van der Waals surface area (Å²) in [7, 11) is 0. The van der Waals surface area contributed by atoms with E-state index >= 15 is 0 Å². The van der Waals surface area contributed by atoms with Crippen molar-refractivity contribution in [1.82, 2.24) is 0 Å². The molecule has 4 aliphatic carbocycles. The second-order valence-electron chi connectivity index (χ2n) is 11.9. The van der Waals surface area contributed by atoms with Crippen molar-refractivity contribution in [3.8, 4) is 0 Å². The summed E-state index contributed by atoms with van der Waals surface area (Å²) in [5.74, 6) is 0.642. The number of hydrogen-bond acceptors (Lipinski definition) is 4. The molecular weight excluding hydrogens is 376 g/mol. The summed E-state index contributed by atoms with van der Waals surface area (Å²) in [6.45, 7) is 12.2. The van der Waals surface area contributed by atoms with E-state index < -0.39 is 11.0 Å². The summed E-state index contributed by atoms with van der Waals surface area (Å²) in [5.41, 5.74) is -0.487. The van der Waals surface area contributed by atoms with Crippen LogP contribution in [0.25, 0.3) is 0 Å². The minimum Gasteiger partial charge on any atom is -0.462 e. The first-order chi connectivity index (χ1) is 13.8. The Morgan fingerprint density at radius 2 is 1.90 bits per heavy atom. The molecule has 0 spiro atoms. The Labute approximate surface area is 181 Å². The van der Waals surface area contributed by atoms with E-state index in [4.69, 9.17) is 4.74 Å². The van der Waals surface area contributed by atoms with Crippen LogP contribution in [0.5, 0.6) is 0 Å². The maximum absolute atomic E-state index is 12.5. The minimum absolute atomic E-state index is 0.0349. The van der Waals surface area contributed by atoms with Crippen LogP contribution in [-0.2, 0) is 14.3 Å². The Bertz CT molecular complexity index is 817. The maximum atomic E-state index is 12.5. The molecule has 30 heavy (non-hydrogen) atoms. The van der Waals surface area contributed by atoms with Gasteiger partial charge in [-0.05, 0) is 82.8 Å². The molecule has 7 atom stereocenters. The summed E-state index contributed by atoms with van der Waals surface area (Å²) in [4.78, 5) is 24.5. The van der Waals surface area contributed by atoms with Gasteiger partial charge in [-0.2, -0.15) is 0 Å². The van der Waals surface area contributed by atoms with Gasteiger partial charge in [0.2, 0.25) is 0 Å². The molecule has 0 unspecified atom stereocenters. The number of carbonyl (C=O) groups is 2. The van der Waals surface area contributed by atoms with E-state index in [1.165, 1.54) is 0 Å². The third-order valence-corrected chi connectivity index (χ3v) is 9.24. The fraction of sp³-hybridized carbons (Fsp3) is 0.769. The highest BCUT2D eigenvalue weighted by atomic mass is 16.5. The second-order valence-corrected chi connectivity index (χ2v) is 11.9. The monoisotopic (exact) mass is 414 g/mol. The summed E-state index contributed by atoms with van der Waals surface area (Å²) in [5, 5.41) is 12.2. The first-order valence-electron chi connectivity index (χ1n) is 11.7. The molecule has 0 saturated heterocycles. The first kappa shape index (κ1) is 21.8. The van der Waals surface area contributed by atoms with Crippen molar-refractivity contribution >= 4 is 11.8 Å². The zero-order valence-corrected chi connectivity index (χ0v) is 19.5. The summed E-state index contributed by atoms with van der Waals surface area (Å²) >= 11 is 0. The molecule has 0 aliphatic heterocycles. The van der Waals surface area contributed by atoms with E-state index in [1.54, 1.807) is 0 Å². The molecule has 2 saturated carbocycles. The van der Waals surface area contributed by atoms with E-state index in [9.17, 15) is 14.7 Å². The van der Waals surface area contributed by atoms with E-state index in [1.807, 2.05) is 33.8 Å². The smallest absolute Gasteiger partial charge is 0.311 e. The van der Waals surface area contributed by atoms with E-state index in [0.717, 1.165) is 37.7 Å². The van der Waals surface area contributed by atoms with Crippen LogP contribution in [-0.4, -0.2) is 28.6 Å². The van der Waals surface area contributed by atoms with Crippen LogP contribution in [0.4, 0.5) is 0 Å². The quantitative estimate of drug-likeness (QED) is 0.646. The average molecular weight is 415 g/mol. The van der Waals surface area contributed by atoms with Crippen LogP contribution < -0.4 is 0 Å². The fourth-order valence-corrected chi connectivity index (χ4v) is 7.19. The van der Waals surface area contributed by atoms with Gasteiger partial charge in [0.15, 0.2) is 5.78 Å². The van der Waals surface area contributed by atoms with Crippen molar-refractivity contribution in [2.45, 2.75) is 91.8 Å². The summed E-state index contributed by atoms with van der Waals surface area (Å²) in [6.07, 6.45) is 11.0. The Balaban J connectivity index is 1.63. The highest BCUT2D eigenvalue weighted by Gasteiger charge is 2.66. The number of fused-ring (bicyclic) bond motifs is 5. The van der Waals surface area contributed by atoms with E-state index in [0.29, 0.717) is 12.3 Å². The molecule has 4 rings (SSSR count). The fourth-order valence-electron chi connectivity index (χ4n) is 7.19. The van der Waals surface area contributed by atoms with Crippen LogP contribution in [0.15, 0.2) is 23.8 Å². The standard InChI is InChI=1S/C26H38O4/c1-16(30-22(28)23(2,3)4)19-11-14-26(29)21-8-7-17-15-18(27)9-12-24(17,5)20(21)10-13-25(19,26)6/h7-8,15-16,19-21,29H,9-14H2,1-6H3/t16-,19+,20-,21+,24-,25+,26+/m0/s1. The van der Waals surface area contributed by atoms with Gasteiger partial charge in [-0.1, -0.05) is 26.0 Å². The van der Waals surface area contributed by atoms with Crippen molar-refractivity contribution in [3.05, 3.63) is 23.8 Å². The zero-order chi connectivity index (χ0) is 22.1. The molecule has 4 nitrogen and oxygen atoms in total. The van der Waals surface area contributed by atoms with Crippen molar-refractivity contribution < 1.29 is 19.4 Å². The second kappa shape index (κ2) is 6.79. The number of allylic oxidation sites excluding steroid dienone is 3. The van der Waals surface area contributed by atoms with Crippen molar-refractivity contribution in [2.24, 2.45) is 34.0 Å². The molecule has 4 aliphatic rings. The van der Waals surface area contributed by atoms with Gasteiger partial charge in [0.1, 0.15) is 6.10 Å². The Hall–Kier alpha value is -1.42. The lowest BCUT2D eigenvalue weighted by Crippen LogP contribution is -2.60. The molecule has 0 aromatic carbocycles. The molecule has 0 radical (unpaired) electrons. The van der Waals surface area contributed by atoms with Gasteiger partial charge in [0, 0.05) is 23.7 Å². The number of aliphatic hydroxyl groups is 1. The van der Waals surface area contributed by atoms with Crippen molar-refractivity contribution in [3.63, 3.8) is 0 Å². The van der Waals surface area contributed by atoms with Gasteiger partial charge in [0.25, 0.3) is 0 Å². The van der Waals surface area contributed by atoms with Crippen molar-refractivity contribution in [1.29, 1.82) is 0 Å². The highest BCUT2D eigenvalue weighted by Crippen LogP contribution is 2.67. The Kier molecular flexibility index (Phi) is 4.93. The summed E-state index contributed by atoms with van der Waals surface area (Å²) in [6, 6.07) is 0. The predicted octanol–water partition coefficient (Wildman–Crippen LogP) is 5.00. The maximum Gasteiger partial charge on any atom is 0.311 e. The van der Waals surface area contributed by atoms with Gasteiger partial charge in [-0.15, -0.1) is 0 Å². The van der Waals surface area contributed by atoms with Crippen LogP contribution >= 0.6 is 0 Å². The lowest BCUT2D eigenvalue weighted by molar-refractivity contribution is -0.183. The van der Waals surface area contributed by atoms with Gasteiger partial charge >= 0.3 is 5.97 Å². The molecule has 1 N–H and O–H groups in total. The molecule has 0 bridgehead atoms. The number of carbonyl (C=O) groups excluding carboxylic acids is 2. The van der Waals surface area contributed by atoms with Crippen LogP contribution in [0.3, 0.4) is 0 Å². The van der Waals surface area contributed by atoms with Crippen molar-refractivity contribution in [2.75, 3.05) is 0 Å². The van der Waals surface area contributed by atoms with Crippen LogP contribution in [0.1, 0.15) is 80.1 Å². The molecule has 4 heteroatoms. The highest BCUT2D eigenvalue weighted by molar-refractivity contribution is 5.92. The molecule has 166 valence electrons. The lowest BCUT2D eigenvalue weighted by atomic mass is 9.47. The normalized spacial score (nSPS) is 43.9. The molecule has 0 aromatic heterocycles. The average Bonchev–Trinajstić information content (AvgIpc) is 2.93. The van der Waals surface area contributed by atoms with Gasteiger partial charge in [0.05, 0.1) is 11.0 Å². The number of rotatable bonds is 2. The molecular formula is C26H38O4. The Morgan fingerprint density at radius 3 is 2.57 bits per heavy atom. The molecule has 2 fully saturated rings. The molecule has 0 aromatic rings. The topological polar surface area (TPSA) is 63.6 Å². The third kappa shape index (κ3) is 2.97. The first-order valence-corrected chi connectivity index (χ1v) is 11.7. The lowest BCUT2D eigenvalue weighted by Gasteiger charge is -2.60. The Morgan fingerprint density at radius 1 is 1.20 bits per heavy atom. The number of ether oxygens (including phenoxy) is 1.